The van der Waals surface area contributed by atoms with Crippen molar-refractivity contribution in [2.75, 3.05) is 5.32 Å². The number of carbonyl (C=O) groups excluding carboxylic acids is 1. The Morgan fingerprint density at radius 3 is 2.39 bits per heavy atom. The van der Waals surface area contributed by atoms with Crippen molar-refractivity contribution in [3.8, 4) is 16.9 Å². The minimum absolute atomic E-state index is 0.000743. The van der Waals surface area contributed by atoms with Crippen LogP contribution in [0.2, 0.25) is 5.02 Å². The maximum atomic E-state index is 14.8. The van der Waals surface area contributed by atoms with E-state index in [0.717, 1.165) is 24.8 Å². The van der Waals surface area contributed by atoms with Gasteiger partial charge in [-0.25, -0.2) is 9.18 Å². The van der Waals surface area contributed by atoms with Crippen LogP contribution in [-0.2, 0) is 4.79 Å². The summed E-state index contributed by atoms with van der Waals surface area (Å²) in [6.45, 7) is 0.878. The number of nitrogens with zero attached hydrogens (tertiary/aromatic N) is 1. The summed E-state index contributed by atoms with van der Waals surface area (Å²) in [4.78, 5) is 24.4. The lowest BCUT2D eigenvalue weighted by atomic mass is 9.92. The van der Waals surface area contributed by atoms with Gasteiger partial charge in [-0.15, -0.1) is 0 Å². The third-order valence-electron chi connectivity index (χ3n) is 6.82. The van der Waals surface area contributed by atoms with Crippen LogP contribution < -0.4 is 14.8 Å². The maximum Gasteiger partial charge on any atom is 0.387 e. The molecule has 3 aromatic rings. The number of nitrogens with one attached hydrogen (secondary N) is 1. The summed E-state index contributed by atoms with van der Waals surface area (Å²) in [5.41, 5.74) is 0.0154. The molecule has 1 aromatic heterocycles. The average molecular weight is 549 g/mol. The summed E-state index contributed by atoms with van der Waals surface area (Å²) >= 11 is 5.84. The van der Waals surface area contributed by atoms with Gasteiger partial charge in [-0.3, -0.25) is 4.79 Å². The van der Waals surface area contributed by atoms with E-state index < -0.39 is 41.5 Å². The van der Waals surface area contributed by atoms with Crippen molar-refractivity contribution >= 4 is 29.2 Å². The van der Waals surface area contributed by atoms with E-state index in [4.69, 9.17) is 16.7 Å². The smallest absolute Gasteiger partial charge is 0.387 e. The summed E-state index contributed by atoms with van der Waals surface area (Å²) < 4.78 is 45.5. The molecule has 0 bridgehead atoms. The molecule has 38 heavy (non-hydrogen) atoms. The van der Waals surface area contributed by atoms with Gasteiger partial charge in [0.15, 0.2) is 12.0 Å². The standard InChI is InChI=1S/C27H24ClF3N2O5/c1-27(2)12-16(27)11-18(24(34)32-17-6-3-14(4-7-17)25(35)36)20-9-5-15(13-33(20)37)22-21(38-26(30)31)10-8-19(28)23(22)29/h3-10,13,16,18,26H,11-12H2,1-2H3,(H,32,34)(H,35,36). The van der Waals surface area contributed by atoms with Crippen LogP contribution in [0, 0.1) is 22.4 Å². The zero-order chi connectivity index (χ0) is 27.8. The highest BCUT2D eigenvalue weighted by Crippen LogP contribution is 2.55. The number of alkyl halides is 2. The third kappa shape index (κ3) is 5.85. The lowest BCUT2D eigenvalue weighted by molar-refractivity contribution is -0.614. The van der Waals surface area contributed by atoms with Gasteiger partial charge in [-0.1, -0.05) is 25.4 Å². The van der Waals surface area contributed by atoms with Crippen molar-refractivity contribution in [3.05, 3.63) is 82.0 Å². The quantitative estimate of drug-likeness (QED) is 0.243. The molecule has 2 N–H and O–H groups in total. The number of halogens is 4. The lowest BCUT2D eigenvalue weighted by Crippen LogP contribution is -2.37. The topological polar surface area (TPSA) is 103 Å². The molecule has 1 fully saturated rings. The van der Waals surface area contributed by atoms with Gasteiger partial charge in [0, 0.05) is 11.8 Å². The van der Waals surface area contributed by atoms with Crippen molar-refractivity contribution in [2.45, 2.75) is 39.2 Å². The molecule has 1 heterocycles. The Balaban J connectivity index is 1.68. The van der Waals surface area contributed by atoms with Gasteiger partial charge in [0.05, 0.1) is 21.7 Å². The van der Waals surface area contributed by atoms with Crippen molar-refractivity contribution < 1.29 is 37.3 Å². The highest BCUT2D eigenvalue weighted by molar-refractivity contribution is 6.31. The Hall–Kier alpha value is -3.79. The zero-order valence-electron chi connectivity index (χ0n) is 20.4. The largest absolute Gasteiger partial charge is 0.618 e. The van der Waals surface area contributed by atoms with Crippen molar-refractivity contribution in [1.29, 1.82) is 0 Å². The molecule has 7 nitrogen and oxygen atoms in total. The van der Waals surface area contributed by atoms with E-state index in [2.05, 4.69) is 23.9 Å². The number of rotatable bonds is 9. The van der Waals surface area contributed by atoms with Crippen LogP contribution in [0.5, 0.6) is 5.75 Å². The molecule has 2 aromatic carbocycles. The number of pyridine rings is 1. The SMILES string of the molecule is CC1(C)CC1CC(C(=O)Nc1ccc(C(=O)O)cc1)c1ccc(-c2c(OC(F)F)ccc(Cl)c2F)c[n+]1[O-]. The molecule has 0 spiro atoms. The Kier molecular flexibility index (Phi) is 7.55. The van der Waals surface area contributed by atoms with Crippen LogP contribution in [0.4, 0.5) is 18.9 Å². The van der Waals surface area contributed by atoms with E-state index in [1.165, 1.54) is 36.4 Å². The molecule has 2 atom stereocenters. The predicted molar refractivity (Wildman–Crippen MR) is 134 cm³/mol. The average Bonchev–Trinajstić information content (AvgIpc) is 3.46. The molecule has 0 saturated heterocycles. The van der Waals surface area contributed by atoms with E-state index >= 15 is 0 Å². The van der Waals surface area contributed by atoms with Crippen LogP contribution in [0.25, 0.3) is 11.1 Å². The van der Waals surface area contributed by atoms with E-state index in [-0.39, 0.29) is 33.2 Å². The first kappa shape index (κ1) is 27.3. The molecule has 4 rings (SSSR count). The van der Waals surface area contributed by atoms with E-state index in [1.54, 1.807) is 0 Å². The van der Waals surface area contributed by atoms with Crippen LogP contribution in [0.3, 0.4) is 0 Å². The summed E-state index contributed by atoms with van der Waals surface area (Å²) in [6, 6.07) is 10.4. The molecular weight excluding hydrogens is 525 g/mol. The Labute approximate surface area is 221 Å². The fraction of sp³-hybridized carbons (Fsp3) is 0.296. The molecule has 1 amide bonds. The van der Waals surface area contributed by atoms with Gasteiger partial charge >= 0.3 is 12.6 Å². The molecule has 11 heteroatoms. The second-order valence-electron chi connectivity index (χ2n) is 9.83. The van der Waals surface area contributed by atoms with Crippen molar-refractivity contribution in [2.24, 2.45) is 11.3 Å². The number of carboxylic acids is 1. The number of anilines is 1. The Bertz CT molecular complexity index is 1380. The molecule has 1 aliphatic carbocycles. The van der Waals surface area contributed by atoms with Gasteiger partial charge in [0.2, 0.25) is 11.6 Å². The molecule has 0 radical (unpaired) electrons. The van der Waals surface area contributed by atoms with E-state index in [0.29, 0.717) is 16.8 Å². The van der Waals surface area contributed by atoms with Crippen LogP contribution in [-0.4, -0.2) is 23.6 Å². The highest BCUT2D eigenvalue weighted by atomic mass is 35.5. The zero-order valence-corrected chi connectivity index (χ0v) is 21.1. The van der Waals surface area contributed by atoms with Crippen molar-refractivity contribution in [1.82, 2.24) is 0 Å². The van der Waals surface area contributed by atoms with E-state index in [9.17, 15) is 28.0 Å². The number of aromatic nitrogens is 1. The third-order valence-corrected chi connectivity index (χ3v) is 7.11. The number of ether oxygens (including phenoxy) is 1. The Morgan fingerprint density at radius 2 is 1.84 bits per heavy atom. The van der Waals surface area contributed by atoms with Gasteiger partial charge in [-0.05, 0) is 66.6 Å². The summed E-state index contributed by atoms with van der Waals surface area (Å²) in [5.74, 6) is -3.84. The first-order valence-electron chi connectivity index (χ1n) is 11.7. The van der Waals surface area contributed by atoms with Crippen LogP contribution >= 0.6 is 11.6 Å². The molecule has 1 saturated carbocycles. The number of amides is 1. The van der Waals surface area contributed by atoms with Gasteiger partial charge in [0.1, 0.15) is 11.7 Å². The fourth-order valence-corrected chi connectivity index (χ4v) is 4.61. The summed E-state index contributed by atoms with van der Waals surface area (Å²) in [6.07, 6.45) is 2.21. The lowest BCUT2D eigenvalue weighted by Gasteiger charge is -2.18. The van der Waals surface area contributed by atoms with Gasteiger partial charge in [0.25, 0.3) is 0 Å². The molecular formula is C27H24ClF3N2O5. The monoisotopic (exact) mass is 548 g/mol. The number of hydrogen-bond donors (Lipinski definition) is 2. The second kappa shape index (κ2) is 10.5. The number of benzene rings is 2. The Morgan fingerprint density at radius 1 is 1.18 bits per heavy atom. The number of carbonyl (C=O) groups is 2. The van der Waals surface area contributed by atoms with Crippen LogP contribution in [0.1, 0.15) is 48.7 Å². The highest BCUT2D eigenvalue weighted by Gasteiger charge is 2.48. The molecule has 0 aliphatic heterocycles. The normalized spacial score (nSPS) is 16.7. The summed E-state index contributed by atoms with van der Waals surface area (Å²) in [7, 11) is 0. The second-order valence-corrected chi connectivity index (χ2v) is 10.2. The molecule has 200 valence electrons. The minimum atomic E-state index is -3.23. The first-order valence-corrected chi connectivity index (χ1v) is 12.1. The van der Waals surface area contributed by atoms with Gasteiger partial charge < -0.3 is 20.4 Å². The van der Waals surface area contributed by atoms with E-state index in [1.807, 2.05) is 0 Å². The number of aromatic carboxylic acids is 1. The van der Waals surface area contributed by atoms with Crippen molar-refractivity contribution in [3.63, 3.8) is 0 Å². The number of carboxylic acid groups (broad SMARTS) is 1. The van der Waals surface area contributed by atoms with Crippen LogP contribution in [0.15, 0.2) is 54.7 Å². The molecule has 1 aliphatic rings. The molecule has 2 unspecified atom stereocenters. The number of hydrogen-bond acceptors (Lipinski definition) is 4. The summed E-state index contributed by atoms with van der Waals surface area (Å²) in [5, 5.41) is 24.6. The predicted octanol–water partition coefficient (Wildman–Crippen LogP) is 6.24. The minimum Gasteiger partial charge on any atom is -0.618 e. The maximum absolute atomic E-state index is 14.8. The van der Waals surface area contributed by atoms with Gasteiger partial charge in [-0.2, -0.15) is 13.5 Å². The fourth-order valence-electron chi connectivity index (χ4n) is 4.46. The first-order chi connectivity index (χ1) is 17.9.